The third kappa shape index (κ3) is 8.86. The van der Waals surface area contributed by atoms with Gasteiger partial charge in [0.1, 0.15) is 17.4 Å². The van der Waals surface area contributed by atoms with E-state index >= 15 is 0 Å². The predicted octanol–water partition coefficient (Wildman–Crippen LogP) is 4.93. The second-order valence-electron chi connectivity index (χ2n) is 11.9. The van der Waals surface area contributed by atoms with E-state index in [9.17, 15) is 26.8 Å². The summed E-state index contributed by atoms with van der Waals surface area (Å²) in [6.45, 7) is 2.45. The number of anilines is 2. The molecule has 252 valence electrons. The van der Waals surface area contributed by atoms with E-state index in [1.165, 1.54) is 7.11 Å². The lowest BCUT2D eigenvalue weighted by molar-refractivity contribution is 0.0993. The topological polar surface area (TPSA) is 156 Å². The molecule has 1 saturated carbocycles. The minimum absolute atomic E-state index is 0.0965. The Morgan fingerprint density at radius 2 is 1.74 bits per heavy atom. The number of rotatable bonds is 12. The number of aromatic nitrogens is 1. The normalized spacial score (nSPS) is 15.8. The van der Waals surface area contributed by atoms with Crippen molar-refractivity contribution < 1.29 is 36.3 Å². The predicted molar refractivity (Wildman–Crippen MR) is 172 cm³/mol. The van der Waals surface area contributed by atoms with Crippen LogP contribution in [-0.2, 0) is 16.6 Å². The Morgan fingerprint density at radius 3 is 2.34 bits per heavy atom. The quantitative estimate of drug-likeness (QED) is 0.245. The first-order valence-electron chi connectivity index (χ1n) is 15.3. The van der Waals surface area contributed by atoms with Gasteiger partial charge in [0.2, 0.25) is 21.8 Å². The average Bonchev–Trinajstić information content (AvgIpc) is 2.99. The number of hydrogen-bond donors (Lipinski definition) is 3. The number of nitrogens with two attached hydrogens (primary N) is 1. The Labute approximate surface area is 272 Å². The van der Waals surface area contributed by atoms with Gasteiger partial charge in [0, 0.05) is 55.6 Å². The van der Waals surface area contributed by atoms with Crippen LogP contribution in [0.1, 0.15) is 48.0 Å². The number of carbonyl (C=O) groups excluding carboxylic acids is 2. The number of carbonyl (C=O) groups is 2. The van der Waals surface area contributed by atoms with Crippen LogP contribution in [0.3, 0.4) is 0 Å². The van der Waals surface area contributed by atoms with E-state index in [4.69, 9.17) is 15.2 Å². The van der Waals surface area contributed by atoms with Crippen molar-refractivity contribution in [2.24, 2.45) is 11.7 Å². The van der Waals surface area contributed by atoms with Crippen LogP contribution >= 0.6 is 0 Å². The van der Waals surface area contributed by atoms with Crippen molar-refractivity contribution >= 4 is 33.3 Å². The summed E-state index contributed by atoms with van der Waals surface area (Å²) in [6.07, 6.45) is 5.56. The molecule has 15 heteroatoms. The second kappa shape index (κ2) is 14.5. The van der Waals surface area contributed by atoms with Gasteiger partial charge < -0.3 is 25.4 Å². The zero-order valence-corrected chi connectivity index (χ0v) is 27.0. The van der Waals surface area contributed by atoms with Crippen molar-refractivity contribution in [1.29, 1.82) is 0 Å². The molecule has 1 aliphatic heterocycles. The molecule has 1 aromatic heterocycles. The van der Waals surface area contributed by atoms with Crippen LogP contribution in [-0.4, -0.2) is 74.2 Å². The van der Waals surface area contributed by atoms with Gasteiger partial charge in [-0.2, -0.15) is 4.98 Å². The summed E-state index contributed by atoms with van der Waals surface area (Å²) in [6, 6.07) is 10.9. The molecule has 47 heavy (non-hydrogen) atoms. The molecule has 2 fully saturated rings. The Kier molecular flexibility index (Phi) is 10.4. The van der Waals surface area contributed by atoms with Gasteiger partial charge in [-0.1, -0.05) is 6.42 Å². The van der Waals surface area contributed by atoms with Crippen LogP contribution < -0.4 is 25.2 Å². The van der Waals surface area contributed by atoms with Gasteiger partial charge in [-0.05, 0) is 68.0 Å². The van der Waals surface area contributed by atoms with Crippen molar-refractivity contribution in [3.05, 3.63) is 71.3 Å². The van der Waals surface area contributed by atoms with E-state index in [1.54, 1.807) is 35.2 Å². The van der Waals surface area contributed by atoms with Crippen LogP contribution in [0.2, 0.25) is 0 Å². The fraction of sp³-hybridized carbons (Fsp3) is 0.406. The third-order valence-corrected chi connectivity index (χ3v) is 8.99. The molecule has 0 radical (unpaired) electrons. The van der Waals surface area contributed by atoms with Crippen molar-refractivity contribution in [3.63, 3.8) is 0 Å². The van der Waals surface area contributed by atoms with Crippen molar-refractivity contribution in [1.82, 2.24) is 14.8 Å². The highest BCUT2D eigenvalue weighted by molar-refractivity contribution is 7.92. The third-order valence-electron chi connectivity index (χ3n) is 8.38. The lowest BCUT2D eigenvalue weighted by Gasteiger charge is -2.41. The fourth-order valence-electron chi connectivity index (χ4n) is 5.73. The summed E-state index contributed by atoms with van der Waals surface area (Å²) < 4.78 is 65.2. The number of amides is 3. The number of halogens is 2. The van der Waals surface area contributed by atoms with E-state index in [2.05, 4.69) is 19.9 Å². The van der Waals surface area contributed by atoms with Gasteiger partial charge in [0.05, 0.1) is 24.6 Å². The van der Waals surface area contributed by atoms with E-state index in [0.29, 0.717) is 74.2 Å². The van der Waals surface area contributed by atoms with E-state index in [1.807, 2.05) is 6.07 Å². The highest BCUT2D eigenvalue weighted by Crippen LogP contribution is 2.31. The highest BCUT2D eigenvalue weighted by Gasteiger charge is 2.32. The summed E-state index contributed by atoms with van der Waals surface area (Å²) in [7, 11) is -1.86. The van der Waals surface area contributed by atoms with Crippen molar-refractivity contribution in [2.45, 2.75) is 44.7 Å². The molecular weight excluding hydrogens is 634 g/mol. The summed E-state index contributed by atoms with van der Waals surface area (Å²) in [5.41, 5.74) is 5.69. The van der Waals surface area contributed by atoms with Crippen LogP contribution in [0.15, 0.2) is 48.5 Å². The number of likely N-dealkylation sites (tertiary alicyclic amines) is 1. The van der Waals surface area contributed by atoms with E-state index < -0.39 is 39.2 Å². The molecule has 0 atom stereocenters. The Bertz CT molecular complexity index is 1710. The molecule has 0 spiro atoms. The largest absolute Gasteiger partial charge is 0.481 e. The first kappa shape index (κ1) is 33.9. The van der Waals surface area contributed by atoms with Crippen molar-refractivity contribution in [2.75, 3.05) is 43.0 Å². The molecule has 12 nitrogen and oxygen atoms in total. The number of methoxy groups -OCH3 is 1. The van der Waals surface area contributed by atoms with Gasteiger partial charge in [-0.15, -0.1) is 0 Å². The number of piperidine rings is 1. The number of pyridine rings is 1. The maximum Gasteiger partial charge on any atom is 0.322 e. The molecule has 3 amide bonds. The molecule has 0 unspecified atom stereocenters. The summed E-state index contributed by atoms with van der Waals surface area (Å²) in [5, 5.41) is 2.54. The van der Waals surface area contributed by atoms with E-state index in [0.717, 1.165) is 37.1 Å². The molecule has 1 saturated heterocycles. The number of benzene rings is 2. The number of nitrogens with zero attached hydrogens (tertiary/aromatic N) is 3. The molecule has 2 aliphatic rings. The minimum atomic E-state index is -3.39. The standard InChI is InChI=1S/C32H38F2N6O6S/c1-45-31-21(6-11-29(37-31)46-24-9-7-22(8-10-24)38-47(2,43)44)19-39-14-12-23(13-15-39)40(18-20-4-3-5-20)32(42)36-28-16-25(30(35)41)26(33)17-27(28)34/h6-11,16-17,20,23,38H,3-5,12-15,18-19H2,1-2H3,(H2,35,41)(H,36,42). The minimum Gasteiger partial charge on any atom is -0.481 e. The number of primary amides is 1. The molecule has 1 aliphatic carbocycles. The van der Waals surface area contributed by atoms with Crippen molar-refractivity contribution in [3.8, 4) is 17.5 Å². The maximum absolute atomic E-state index is 14.5. The maximum atomic E-state index is 14.5. The zero-order chi connectivity index (χ0) is 33.7. The molecular formula is C32H38F2N6O6S. The summed E-state index contributed by atoms with van der Waals surface area (Å²) in [4.78, 5) is 33.5. The lowest BCUT2D eigenvalue weighted by Crippen LogP contribution is -2.51. The number of hydrogen-bond acceptors (Lipinski definition) is 8. The molecule has 4 N–H and O–H groups in total. The number of sulfonamides is 1. The number of ether oxygens (including phenoxy) is 2. The van der Waals surface area contributed by atoms with E-state index in [-0.39, 0.29) is 11.7 Å². The Hall–Kier alpha value is -4.50. The van der Waals surface area contributed by atoms with Crippen LogP contribution in [0.4, 0.5) is 25.0 Å². The van der Waals surface area contributed by atoms with Gasteiger partial charge in [0.25, 0.3) is 5.91 Å². The first-order valence-corrected chi connectivity index (χ1v) is 17.2. The van der Waals surface area contributed by atoms with Gasteiger partial charge in [-0.3, -0.25) is 14.4 Å². The number of nitrogens with one attached hydrogen (secondary N) is 2. The van der Waals surface area contributed by atoms with Crippen LogP contribution in [0.25, 0.3) is 0 Å². The molecule has 3 aromatic rings. The summed E-state index contributed by atoms with van der Waals surface area (Å²) in [5.74, 6) is -1.58. The SMILES string of the molecule is COc1nc(Oc2ccc(NS(C)(=O)=O)cc2)ccc1CN1CCC(N(CC2CCC2)C(=O)Nc2cc(C(N)=O)c(F)cc2F)CC1. The second-order valence-corrected chi connectivity index (χ2v) is 13.6. The van der Waals surface area contributed by atoms with Crippen LogP contribution in [0, 0.1) is 17.6 Å². The lowest BCUT2D eigenvalue weighted by atomic mass is 9.84. The van der Waals surface area contributed by atoms with Gasteiger partial charge >= 0.3 is 6.03 Å². The molecule has 2 aromatic carbocycles. The first-order chi connectivity index (χ1) is 22.4. The zero-order valence-electron chi connectivity index (χ0n) is 26.2. The van der Waals surface area contributed by atoms with Crippen LogP contribution in [0.5, 0.6) is 17.5 Å². The monoisotopic (exact) mass is 672 g/mol. The molecule has 0 bridgehead atoms. The Morgan fingerprint density at radius 1 is 1.04 bits per heavy atom. The molecule has 2 heterocycles. The molecule has 5 rings (SSSR count). The Balaban J connectivity index is 1.20. The summed E-state index contributed by atoms with van der Waals surface area (Å²) >= 11 is 0. The van der Waals surface area contributed by atoms with Gasteiger partial charge in [0.15, 0.2) is 0 Å². The van der Waals surface area contributed by atoms with Gasteiger partial charge in [-0.25, -0.2) is 22.0 Å². The smallest absolute Gasteiger partial charge is 0.322 e. The number of urea groups is 1. The fourth-order valence-corrected chi connectivity index (χ4v) is 6.30. The highest BCUT2D eigenvalue weighted by atomic mass is 32.2. The average molecular weight is 673 g/mol.